The van der Waals surface area contributed by atoms with Crippen LogP contribution in [0.25, 0.3) is 0 Å². The molecule has 2 heteroatoms. The minimum Gasteiger partial charge on any atom is -0.314 e. The SMILES string of the molecule is CCCCCCNC1CCN(C)CC1C. The summed E-state index contributed by atoms with van der Waals surface area (Å²) in [6.07, 6.45) is 6.80. The van der Waals surface area contributed by atoms with Gasteiger partial charge in [0.25, 0.3) is 0 Å². The molecule has 2 atom stereocenters. The van der Waals surface area contributed by atoms with E-state index in [1.807, 2.05) is 0 Å². The molecule has 1 N–H and O–H groups in total. The Morgan fingerprint density at radius 2 is 2.07 bits per heavy atom. The van der Waals surface area contributed by atoms with Gasteiger partial charge < -0.3 is 10.2 Å². The Morgan fingerprint density at radius 3 is 2.73 bits per heavy atom. The van der Waals surface area contributed by atoms with Gasteiger partial charge in [-0.05, 0) is 38.9 Å². The van der Waals surface area contributed by atoms with Gasteiger partial charge in [-0.3, -0.25) is 0 Å². The summed E-state index contributed by atoms with van der Waals surface area (Å²) in [5.41, 5.74) is 0. The maximum atomic E-state index is 3.72. The summed E-state index contributed by atoms with van der Waals surface area (Å²) >= 11 is 0. The standard InChI is InChI=1S/C13H28N2/c1-4-5-6-7-9-14-13-8-10-15(3)11-12(13)2/h12-14H,4-11H2,1-3H3. The highest BCUT2D eigenvalue weighted by Crippen LogP contribution is 2.15. The van der Waals surface area contributed by atoms with Gasteiger partial charge >= 0.3 is 0 Å². The molecule has 0 aromatic carbocycles. The van der Waals surface area contributed by atoms with Crippen molar-refractivity contribution in [3.63, 3.8) is 0 Å². The molecule has 0 saturated carbocycles. The Balaban J connectivity index is 2.05. The van der Waals surface area contributed by atoms with E-state index < -0.39 is 0 Å². The molecule has 1 aliphatic heterocycles. The number of nitrogens with one attached hydrogen (secondary N) is 1. The Morgan fingerprint density at radius 1 is 1.27 bits per heavy atom. The molecule has 15 heavy (non-hydrogen) atoms. The maximum Gasteiger partial charge on any atom is 0.0117 e. The van der Waals surface area contributed by atoms with Crippen molar-refractivity contribution in [2.24, 2.45) is 5.92 Å². The monoisotopic (exact) mass is 212 g/mol. The van der Waals surface area contributed by atoms with Crippen molar-refractivity contribution < 1.29 is 0 Å². The van der Waals surface area contributed by atoms with Gasteiger partial charge in [-0.1, -0.05) is 33.1 Å². The summed E-state index contributed by atoms with van der Waals surface area (Å²) < 4.78 is 0. The zero-order valence-corrected chi connectivity index (χ0v) is 10.8. The molecule has 1 saturated heterocycles. The van der Waals surface area contributed by atoms with Crippen LogP contribution in [-0.4, -0.2) is 37.6 Å². The normalized spacial score (nSPS) is 28.2. The number of unbranched alkanes of at least 4 members (excludes halogenated alkanes) is 3. The molecular formula is C13H28N2. The van der Waals surface area contributed by atoms with E-state index in [4.69, 9.17) is 0 Å². The molecule has 0 bridgehead atoms. The molecule has 90 valence electrons. The number of rotatable bonds is 6. The summed E-state index contributed by atoms with van der Waals surface area (Å²) in [7, 11) is 2.23. The van der Waals surface area contributed by atoms with E-state index >= 15 is 0 Å². The van der Waals surface area contributed by atoms with Crippen LogP contribution < -0.4 is 5.32 Å². The van der Waals surface area contributed by atoms with Gasteiger partial charge in [0.1, 0.15) is 0 Å². The lowest BCUT2D eigenvalue weighted by Crippen LogP contribution is -2.47. The van der Waals surface area contributed by atoms with Gasteiger partial charge in [0.15, 0.2) is 0 Å². The summed E-state index contributed by atoms with van der Waals surface area (Å²) in [5.74, 6) is 0.815. The Kier molecular flexibility index (Phi) is 6.26. The zero-order valence-electron chi connectivity index (χ0n) is 10.8. The zero-order chi connectivity index (χ0) is 11.1. The average Bonchev–Trinajstić information content (AvgIpc) is 2.20. The van der Waals surface area contributed by atoms with Crippen molar-refractivity contribution in [1.82, 2.24) is 10.2 Å². The molecule has 0 amide bonds. The van der Waals surface area contributed by atoms with Crippen molar-refractivity contribution in [2.45, 2.75) is 52.0 Å². The fraction of sp³-hybridized carbons (Fsp3) is 1.00. The predicted molar refractivity (Wildman–Crippen MR) is 67.2 cm³/mol. The molecule has 1 rings (SSSR count). The van der Waals surface area contributed by atoms with Gasteiger partial charge in [-0.15, -0.1) is 0 Å². The summed E-state index contributed by atoms with van der Waals surface area (Å²) in [6, 6.07) is 0.767. The van der Waals surface area contributed by atoms with E-state index in [1.165, 1.54) is 51.7 Å². The van der Waals surface area contributed by atoms with E-state index in [-0.39, 0.29) is 0 Å². The van der Waals surface area contributed by atoms with E-state index in [9.17, 15) is 0 Å². The largest absolute Gasteiger partial charge is 0.314 e. The lowest BCUT2D eigenvalue weighted by Gasteiger charge is -2.35. The van der Waals surface area contributed by atoms with Crippen molar-refractivity contribution in [1.29, 1.82) is 0 Å². The fourth-order valence-corrected chi connectivity index (χ4v) is 2.50. The summed E-state index contributed by atoms with van der Waals surface area (Å²) in [5, 5.41) is 3.72. The van der Waals surface area contributed by atoms with Gasteiger partial charge in [0.2, 0.25) is 0 Å². The quantitative estimate of drug-likeness (QED) is 0.681. The summed E-state index contributed by atoms with van der Waals surface area (Å²) in [4.78, 5) is 2.44. The highest BCUT2D eigenvalue weighted by molar-refractivity contribution is 4.81. The van der Waals surface area contributed by atoms with Crippen molar-refractivity contribution in [2.75, 3.05) is 26.7 Å². The average molecular weight is 212 g/mol. The molecule has 1 heterocycles. The van der Waals surface area contributed by atoms with Gasteiger partial charge in [-0.25, -0.2) is 0 Å². The second-order valence-electron chi connectivity index (χ2n) is 5.15. The molecule has 1 fully saturated rings. The van der Waals surface area contributed by atoms with Crippen LogP contribution in [0.2, 0.25) is 0 Å². The van der Waals surface area contributed by atoms with Crippen LogP contribution in [-0.2, 0) is 0 Å². The first-order chi connectivity index (χ1) is 7.24. The lowest BCUT2D eigenvalue weighted by molar-refractivity contribution is 0.175. The second-order valence-corrected chi connectivity index (χ2v) is 5.15. The van der Waals surface area contributed by atoms with Crippen LogP contribution in [0.1, 0.15) is 46.0 Å². The first-order valence-electron chi connectivity index (χ1n) is 6.66. The van der Waals surface area contributed by atoms with E-state index in [2.05, 4.69) is 31.1 Å². The third-order valence-electron chi connectivity index (χ3n) is 3.55. The number of hydrogen-bond donors (Lipinski definition) is 1. The number of hydrogen-bond acceptors (Lipinski definition) is 2. The Hall–Kier alpha value is -0.0800. The molecule has 0 aliphatic carbocycles. The van der Waals surface area contributed by atoms with Crippen LogP contribution in [0.3, 0.4) is 0 Å². The maximum absolute atomic E-state index is 3.72. The van der Waals surface area contributed by atoms with E-state index in [0.717, 1.165) is 12.0 Å². The molecule has 0 radical (unpaired) electrons. The number of piperidine rings is 1. The molecule has 0 aromatic heterocycles. The summed E-state index contributed by atoms with van der Waals surface area (Å²) in [6.45, 7) is 8.38. The molecule has 2 unspecified atom stereocenters. The molecule has 0 spiro atoms. The van der Waals surface area contributed by atoms with Crippen molar-refractivity contribution >= 4 is 0 Å². The fourth-order valence-electron chi connectivity index (χ4n) is 2.50. The van der Waals surface area contributed by atoms with Crippen molar-refractivity contribution in [3.8, 4) is 0 Å². The van der Waals surface area contributed by atoms with E-state index in [0.29, 0.717) is 0 Å². The van der Waals surface area contributed by atoms with Gasteiger partial charge in [0, 0.05) is 12.6 Å². The number of nitrogens with zero attached hydrogens (tertiary/aromatic N) is 1. The molecule has 1 aliphatic rings. The minimum atomic E-state index is 0.767. The first kappa shape index (κ1) is 13.0. The Labute approximate surface area is 95.4 Å². The van der Waals surface area contributed by atoms with Crippen LogP contribution in [0, 0.1) is 5.92 Å². The third kappa shape index (κ3) is 4.98. The number of likely N-dealkylation sites (tertiary alicyclic amines) is 1. The predicted octanol–water partition coefficient (Wildman–Crippen LogP) is 2.50. The van der Waals surface area contributed by atoms with Crippen LogP contribution >= 0.6 is 0 Å². The van der Waals surface area contributed by atoms with Gasteiger partial charge in [-0.2, -0.15) is 0 Å². The van der Waals surface area contributed by atoms with Crippen LogP contribution in [0.4, 0.5) is 0 Å². The molecule has 0 aromatic rings. The highest BCUT2D eigenvalue weighted by atomic mass is 15.1. The van der Waals surface area contributed by atoms with E-state index in [1.54, 1.807) is 0 Å². The molecular weight excluding hydrogens is 184 g/mol. The lowest BCUT2D eigenvalue weighted by atomic mass is 9.94. The minimum absolute atomic E-state index is 0.767. The van der Waals surface area contributed by atoms with Crippen LogP contribution in [0.5, 0.6) is 0 Å². The molecule has 2 nitrogen and oxygen atoms in total. The third-order valence-corrected chi connectivity index (χ3v) is 3.55. The second kappa shape index (κ2) is 7.24. The highest BCUT2D eigenvalue weighted by Gasteiger charge is 2.22. The van der Waals surface area contributed by atoms with Crippen LogP contribution in [0.15, 0.2) is 0 Å². The van der Waals surface area contributed by atoms with Gasteiger partial charge in [0.05, 0.1) is 0 Å². The van der Waals surface area contributed by atoms with Crippen molar-refractivity contribution in [3.05, 3.63) is 0 Å². The Bertz CT molecular complexity index is 159. The topological polar surface area (TPSA) is 15.3 Å². The smallest absolute Gasteiger partial charge is 0.0117 e. The first-order valence-corrected chi connectivity index (χ1v) is 6.66.